The molecule has 0 aliphatic carbocycles. The number of carbonyl (C=O) groups is 2. The Morgan fingerprint density at radius 1 is 1.45 bits per heavy atom. The van der Waals surface area contributed by atoms with E-state index in [1.54, 1.807) is 13.1 Å². The van der Waals surface area contributed by atoms with Crippen LogP contribution in [0.5, 0.6) is 0 Å². The largest absolute Gasteiger partial charge is 0.345 e. The highest BCUT2D eigenvalue weighted by atomic mass is 19.1. The van der Waals surface area contributed by atoms with Gasteiger partial charge >= 0.3 is 0 Å². The summed E-state index contributed by atoms with van der Waals surface area (Å²) >= 11 is 0. The SMILES string of the molecule is CN1CC(C(=O)Nc2ccc(-n3cncn3)c(F)c2)CC1=O. The lowest BCUT2D eigenvalue weighted by Crippen LogP contribution is -2.25. The fourth-order valence-corrected chi connectivity index (χ4v) is 2.39. The van der Waals surface area contributed by atoms with E-state index in [1.165, 1.54) is 34.4 Å². The third kappa shape index (κ3) is 2.67. The Labute approximate surface area is 125 Å². The minimum atomic E-state index is -0.525. The molecule has 7 nitrogen and oxygen atoms in total. The number of likely N-dealkylation sites (tertiary alicyclic amines) is 1. The van der Waals surface area contributed by atoms with Crippen LogP contribution in [0.1, 0.15) is 6.42 Å². The van der Waals surface area contributed by atoms with E-state index in [9.17, 15) is 14.0 Å². The molecule has 2 heterocycles. The molecule has 1 fully saturated rings. The van der Waals surface area contributed by atoms with Crippen molar-refractivity contribution < 1.29 is 14.0 Å². The Bertz CT molecular complexity index is 716. The van der Waals surface area contributed by atoms with E-state index >= 15 is 0 Å². The molecule has 1 aromatic heterocycles. The minimum Gasteiger partial charge on any atom is -0.345 e. The molecule has 114 valence electrons. The summed E-state index contributed by atoms with van der Waals surface area (Å²) in [5.41, 5.74) is 0.583. The van der Waals surface area contributed by atoms with E-state index in [1.807, 2.05) is 0 Å². The van der Waals surface area contributed by atoms with Crippen molar-refractivity contribution in [2.45, 2.75) is 6.42 Å². The van der Waals surface area contributed by atoms with E-state index < -0.39 is 11.7 Å². The molecule has 8 heteroatoms. The van der Waals surface area contributed by atoms with E-state index in [2.05, 4.69) is 15.4 Å². The van der Waals surface area contributed by atoms with Gasteiger partial charge in [0, 0.05) is 25.7 Å². The lowest BCUT2D eigenvalue weighted by Gasteiger charge is -2.12. The molecule has 1 unspecified atom stereocenters. The monoisotopic (exact) mass is 303 g/mol. The highest BCUT2D eigenvalue weighted by molar-refractivity contribution is 5.97. The standard InChI is InChI=1S/C14H14FN5O2/c1-19-6-9(4-13(19)21)14(22)18-10-2-3-12(11(15)5-10)20-8-16-7-17-20/h2-3,5,7-9H,4,6H2,1H3,(H,18,22). The molecule has 1 aliphatic heterocycles. The van der Waals surface area contributed by atoms with Crippen molar-refractivity contribution >= 4 is 17.5 Å². The summed E-state index contributed by atoms with van der Waals surface area (Å²) < 4.78 is 15.4. The zero-order valence-corrected chi connectivity index (χ0v) is 11.9. The third-order valence-electron chi connectivity index (χ3n) is 3.59. The van der Waals surface area contributed by atoms with Crippen LogP contribution in [0, 0.1) is 11.7 Å². The molecular weight excluding hydrogens is 289 g/mol. The molecule has 0 spiro atoms. The number of hydrogen-bond donors (Lipinski definition) is 1. The predicted molar refractivity (Wildman–Crippen MR) is 75.7 cm³/mol. The van der Waals surface area contributed by atoms with E-state index in [-0.39, 0.29) is 23.9 Å². The van der Waals surface area contributed by atoms with Gasteiger partial charge in [0.05, 0.1) is 5.92 Å². The van der Waals surface area contributed by atoms with Crippen molar-refractivity contribution in [1.82, 2.24) is 19.7 Å². The number of halogens is 1. The van der Waals surface area contributed by atoms with Crippen LogP contribution < -0.4 is 5.32 Å². The van der Waals surface area contributed by atoms with Crippen LogP contribution in [0.15, 0.2) is 30.9 Å². The average molecular weight is 303 g/mol. The molecule has 1 atom stereocenters. The summed E-state index contributed by atoms with van der Waals surface area (Å²) in [6, 6.07) is 4.30. The van der Waals surface area contributed by atoms with Crippen LogP contribution >= 0.6 is 0 Å². The Kier molecular flexibility index (Phi) is 3.58. The minimum absolute atomic E-state index is 0.0622. The van der Waals surface area contributed by atoms with Gasteiger partial charge in [0.2, 0.25) is 11.8 Å². The van der Waals surface area contributed by atoms with Crippen LogP contribution in [-0.4, -0.2) is 45.1 Å². The van der Waals surface area contributed by atoms with Gasteiger partial charge < -0.3 is 10.2 Å². The summed E-state index contributed by atoms with van der Waals surface area (Å²) in [4.78, 5) is 28.8. The van der Waals surface area contributed by atoms with Gasteiger partial charge in [0.15, 0.2) is 5.82 Å². The molecule has 1 saturated heterocycles. The first-order valence-corrected chi connectivity index (χ1v) is 6.74. The number of benzene rings is 1. The van der Waals surface area contributed by atoms with Crippen LogP contribution in [0.2, 0.25) is 0 Å². The van der Waals surface area contributed by atoms with Crippen molar-refractivity contribution in [3.63, 3.8) is 0 Å². The van der Waals surface area contributed by atoms with Crippen LogP contribution in [0.3, 0.4) is 0 Å². The van der Waals surface area contributed by atoms with Crippen LogP contribution in [0.25, 0.3) is 5.69 Å². The number of aromatic nitrogens is 3. The van der Waals surface area contributed by atoms with Crippen molar-refractivity contribution in [1.29, 1.82) is 0 Å². The van der Waals surface area contributed by atoms with E-state index in [0.29, 0.717) is 12.2 Å². The zero-order chi connectivity index (χ0) is 15.7. The zero-order valence-electron chi connectivity index (χ0n) is 11.9. The second-order valence-corrected chi connectivity index (χ2v) is 5.17. The maximum atomic E-state index is 14.1. The molecule has 1 aliphatic rings. The summed E-state index contributed by atoms with van der Waals surface area (Å²) in [5, 5.41) is 6.49. The highest BCUT2D eigenvalue weighted by Gasteiger charge is 2.32. The van der Waals surface area contributed by atoms with Gasteiger partial charge in [-0.05, 0) is 18.2 Å². The van der Waals surface area contributed by atoms with Gasteiger partial charge in [-0.1, -0.05) is 0 Å². The Morgan fingerprint density at radius 3 is 2.86 bits per heavy atom. The third-order valence-corrected chi connectivity index (χ3v) is 3.59. The average Bonchev–Trinajstić information content (AvgIpc) is 3.10. The van der Waals surface area contributed by atoms with Crippen molar-refractivity contribution in [2.24, 2.45) is 5.92 Å². The maximum absolute atomic E-state index is 14.1. The number of nitrogens with zero attached hydrogens (tertiary/aromatic N) is 4. The summed E-state index contributed by atoms with van der Waals surface area (Å²) in [5.74, 6) is -1.28. The molecule has 0 radical (unpaired) electrons. The summed E-state index contributed by atoms with van der Waals surface area (Å²) in [7, 11) is 1.65. The van der Waals surface area contributed by atoms with Gasteiger partial charge in [0.1, 0.15) is 18.3 Å². The Hall–Kier alpha value is -2.77. The first-order valence-electron chi connectivity index (χ1n) is 6.74. The number of hydrogen-bond acceptors (Lipinski definition) is 4. The number of carbonyl (C=O) groups excluding carboxylic acids is 2. The summed E-state index contributed by atoms with van der Waals surface area (Å²) in [6.45, 7) is 0.379. The molecule has 3 rings (SSSR count). The number of amides is 2. The topological polar surface area (TPSA) is 80.1 Å². The molecule has 1 N–H and O–H groups in total. The van der Waals surface area contributed by atoms with Gasteiger partial charge in [-0.3, -0.25) is 9.59 Å². The lowest BCUT2D eigenvalue weighted by atomic mass is 10.1. The fraction of sp³-hybridized carbons (Fsp3) is 0.286. The molecule has 22 heavy (non-hydrogen) atoms. The molecular formula is C14H14FN5O2. The van der Waals surface area contributed by atoms with E-state index in [4.69, 9.17) is 0 Å². The smallest absolute Gasteiger partial charge is 0.229 e. The van der Waals surface area contributed by atoms with Gasteiger partial charge in [-0.2, -0.15) is 5.10 Å². The summed E-state index contributed by atoms with van der Waals surface area (Å²) in [6.07, 6.45) is 2.88. The van der Waals surface area contributed by atoms with Gasteiger partial charge in [-0.15, -0.1) is 0 Å². The highest BCUT2D eigenvalue weighted by Crippen LogP contribution is 2.21. The second-order valence-electron chi connectivity index (χ2n) is 5.17. The number of rotatable bonds is 3. The van der Waals surface area contributed by atoms with E-state index in [0.717, 1.165) is 0 Å². The quantitative estimate of drug-likeness (QED) is 0.910. The first-order chi connectivity index (χ1) is 10.5. The van der Waals surface area contributed by atoms with Crippen molar-refractivity contribution in [3.8, 4) is 5.69 Å². The number of anilines is 1. The molecule has 2 amide bonds. The normalized spacial score (nSPS) is 17.8. The Morgan fingerprint density at radius 2 is 2.27 bits per heavy atom. The molecule has 0 bridgehead atoms. The van der Waals surface area contributed by atoms with Crippen LogP contribution in [0.4, 0.5) is 10.1 Å². The van der Waals surface area contributed by atoms with Crippen molar-refractivity contribution in [3.05, 3.63) is 36.7 Å². The van der Waals surface area contributed by atoms with Crippen molar-refractivity contribution in [2.75, 3.05) is 18.9 Å². The number of nitrogens with one attached hydrogen (secondary N) is 1. The molecule has 0 saturated carbocycles. The fourth-order valence-electron chi connectivity index (χ4n) is 2.39. The lowest BCUT2D eigenvalue weighted by molar-refractivity contribution is -0.127. The first kappa shape index (κ1) is 14.2. The molecule has 2 aromatic rings. The van der Waals surface area contributed by atoms with Gasteiger partial charge in [-0.25, -0.2) is 14.1 Å². The second kappa shape index (κ2) is 5.55. The van der Waals surface area contributed by atoms with Gasteiger partial charge in [0.25, 0.3) is 0 Å². The van der Waals surface area contributed by atoms with Crippen LogP contribution in [-0.2, 0) is 9.59 Å². The Balaban J connectivity index is 1.72. The predicted octanol–water partition coefficient (Wildman–Crippen LogP) is 0.823. The maximum Gasteiger partial charge on any atom is 0.229 e. The molecule has 1 aromatic carbocycles.